The average Bonchev–Trinajstić information content (AvgIpc) is 3.24. The predicted molar refractivity (Wildman–Crippen MR) is 127 cm³/mol. The van der Waals surface area contributed by atoms with Crippen molar-refractivity contribution in [3.05, 3.63) is 69.0 Å². The summed E-state index contributed by atoms with van der Waals surface area (Å²) in [6.45, 7) is 2.58. The van der Waals surface area contributed by atoms with Crippen LogP contribution in [0, 0.1) is 10.1 Å². The summed E-state index contributed by atoms with van der Waals surface area (Å²) in [5, 5.41) is 25.2. The van der Waals surface area contributed by atoms with Gasteiger partial charge >= 0.3 is 0 Å². The molecule has 0 atom stereocenters. The minimum absolute atomic E-state index is 0.0185. The Hall–Kier alpha value is -3.64. The molecular formula is C21H21ClN6O5S. The minimum atomic E-state index is -0.570. The number of nitrogens with zero attached hydrogens (tertiary/aromatic N) is 4. The number of amides is 2. The molecule has 1 aromatic heterocycles. The number of methoxy groups -OCH3 is 1. The van der Waals surface area contributed by atoms with E-state index >= 15 is 0 Å². The largest absolute Gasteiger partial charge is 0.497 e. The van der Waals surface area contributed by atoms with Gasteiger partial charge in [0, 0.05) is 24.2 Å². The number of nitro benzene ring substituents is 1. The lowest BCUT2D eigenvalue weighted by atomic mass is 10.2. The highest BCUT2D eigenvalue weighted by Gasteiger charge is 2.16. The molecule has 0 aliphatic rings. The number of benzene rings is 2. The summed E-state index contributed by atoms with van der Waals surface area (Å²) in [6, 6.07) is 10.5. The predicted octanol–water partition coefficient (Wildman–Crippen LogP) is 3.53. The molecule has 2 N–H and O–H groups in total. The van der Waals surface area contributed by atoms with Crippen LogP contribution in [0.4, 0.5) is 11.4 Å². The second-order valence-electron chi connectivity index (χ2n) is 6.81. The van der Waals surface area contributed by atoms with Crippen LogP contribution in [0.1, 0.15) is 23.1 Å². The number of rotatable bonds is 10. The van der Waals surface area contributed by atoms with Crippen molar-refractivity contribution in [3.8, 4) is 5.75 Å². The minimum Gasteiger partial charge on any atom is -0.497 e. The van der Waals surface area contributed by atoms with Gasteiger partial charge in [0.1, 0.15) is 5.75 Å². The van der Waals surface area contributed by atoms with Crippen molar-refractivity contribution in [1.29, 1.82) is 0 Å². The molecular weight excluding hydrogens is 484 g/mol. The van der Waals surface area contributed by atoms with Gasteiger partial charge in [0.25, 0.3) is 11.6 Å². The Morgan fingerprint density at radius 1 is 1.21 bits per heavy atom. The second-order valence-corrected chi connectivity index (χ2v) is 8.16. The highest BCUT2D eigenvalue weighted by molar-refractivity contribution is 7.99. The molecule has 0 saturated heterocycles. The molecule has 0 aliphatic heterocycles. The summed E-state index contributed by atoms with van der Waals surface area (Å²) in [5.41, 5.74) is 0.453. The molecule has 2 aromatic carbocycles. The average molecular weight is 505 g/mol. The van der Waals surface area contributed by atoms with E-state index in [2.05, 4.69) is 20.8 Å². The molecule has 11 nitrogen and oxygen atoms in total. The second kappa shape index (κ2) is 11.5. The maximum atomic E-state index is 12.4. The van der Waals surface area contributed by atoms with Crippen molar-refractivity contribution < 1.29 is 19.2 Å². The first-order valence-electron chi connectivity index (χ1n) is 10.0. The maximum absolute atomic E-state index is 12.4. The van der Waals surface area contributed by atoms with Crippen molar-refractivity contribution in [1.82, 2.24) is 20.1 Å². The van der Waals surface area contributed by atoms with E-state index in [0.29, 0.717) is 28.8 Å². The SMILES string of the molecule is CCn1c(CNC(=O)c2ccc(OC)cc2)nnc1SCC(=O)Nc1cc([N+](=O)[O-])ccc1Cl. The Balaban J connectivity index is 1.58. The number of carbonyl (C=O) groups excluding carboxylic acids is 2. The van der Waals surface area contributed by atoms with Crippen LogP contribution in [0.5, 0.6) is 5.75 Å². The third-order valence-corrected chi connectivity index (χ3v) is 5.93. The van der Waals surface area contributed by atoms with Crippen molar-refractivity contribution >= 4 is 46.6 Å². The van der Waals surface area contributed by atoms with Crippen molar-refractivity contribution in [2.45, 2.75) is 25.2 Å². The van der Waals surface area contributed by atoms with Gasteiger partial charge in [-0.2, -0.15) is 0 Å². The van der Waals surface area contributed by atoms with Crippen LogP contribution in [0.25, 0.3) is 0 Å². The standard InChI is InChI=1S/C21H21ClN6O5S/c1-3-27-18(11-23-20(30)13-4-7-15(33-2)8-5-13)25-26-21(27)34-12-19(29)24-17-10-14(28(31)32)6-9-16(17)22/h4-10H,3,11-12H2,1-2H3,(H,23,30)(H,24,29). The van der Waals surface area contributed by atoms with Crippen LogP contribution in [0.3, 0.4) is 0 Å². The molecule has 178 valence electrons. The first kappa shape index (κ1) is 25.0. The van der Waals surface area contributed by atoms with Gasteiger partial charge in [0.05, 0.1) is 35.0 Å². The summed E-state index contributed by atoms with van der Waals surface area (Å²) < 4.78 is 6.87. The number of thioether (sulfide) groups is 1. The van der Waals surface area contributed by atoms with Gasteiger partial charge in [-0.05, 0) is 37.3 Å². The first-order valence-corrected chi connectivity index (χ1v) is 11.4. The molecule has 0 unspecified atom stereocenters. The van der Waals surface area contributed by atoms with Crippen LogP contribution in [-0.4, -0.2) is 44.4 Å². The number of hydrogen-bond acceptors (Lipinski definition) is 8. The Morgan fingerprint density at radius 3 is 2.59 bits per heavy atom. The zero-order valence-electron chi connectivity index (χ0n) is 18.3. The Morgan fingerprint density at radius 2 is 1.94 bits per heavy atom. The van der Waals surface area contributed by atoms with Gasteiger partial charge < -0.3 is 19.9 Å². The maximum Gasteiger partial charge on any atom is 0.271 e. The van der Waals surface area contributed by atoms with Crippen LogP contribution in [0.15, 0.2) is 47.6 Å². The van der Waals surface area contributed by atoms with Crippen LogP contribution < -0.4 is 15.4 Å². The van der Waals surface area contributed by atoms with Crippen LogP contribution >= 0.6 is 23.4 Å². The monoisotopic (exact) mass is 504 g/mol. The summed E-state index contributed by atoms with van der Waals surface area (Å²) in [5.74, 6) is 0.493. The number of carbonyl (C=O) groups is 2. The van der Waals surface area contributed by atoms with Gasteiger partial charge in [0.15, 0.2) is 11.0 Å². The lowest BCUT2D eigenvalue weighted by Crippen LogP contribution is -2.24. The zero-order valence-corrected chi connectivity index (χ0v) is 19.9. The Kier molecular flexibility index (Phi) is 8.44. The third-order valence-electron chi connectivity index (χ3n) is 4.64. The first-order chi connectivity index (χ1) is 16.3. The lowest BCUT2D eigenvalue weighted by Gasteiger charge is -2.09. The van der Waals surface area contributed by atoms with E-state index in [-0.39, 0.29) is 34.6 Å². The molecule has 1 heterocycles. The summed E-state index contributed by atoms with van der Waals surface area (Å²) >= 11 is 7.17. The normalized spacial score (nSPS) is 10.6. The highest BCUT2D eigenvalue weighted by Crippen LogP contribution is 2.27. The number of aromatic nitrogens is 3. The van der Waals surface area contributed by atoms with E-state index in [0.717, 1.165) is 11.8 Å². The molecule has 0 fully saturated rings. The number of nitro groups is 1. The van der Waals surface area contributed by atoms with Crippen LogP contribution in [-0.2, 0) is 17.9 Å². The zero-order chi connectivity index (χ0) is 24.7. The smallest absolute Gasteiger partial charge is 0.271 e. The van der Waals surface area contributed by atoms with E-state index in [9.17, 15) is 19.7 Å². The number of nitrogens with one attached hydrogen (secondary N) is 2. The third kappa shape index (κ3) is 6.23. The van der Waals surface area contributed by atoms with E-state index in [1.807, 2.05) is 6.92 Å². The Bertz CT molecular complexity index is 1200. The van der Waals surface area contributed by atoms with E-state index in [1.54, 1.807) is 35.9 Å². The molecule has 0 aliphatic carbocycles. The summed E-state index contributed by atoms with van der Waals surface area (Å²) in [6.07, 6.45) is 0. The molecule has 0 bridgehead atoms. The molecule has 3 aromatic rings. The summed E-state index contributed by atoms with van der Waals surface area (Å²) in [4.78, 5) is 35.1. The lowest BCUT2D eigenvalue weighted by molar-refractivity contribution is -0.384. The molecule has 0 radical (unpaired) electrons. The number of anilines is 1. The summed E-state index contributed by atoms with van der Waals surface area (Å²) in [7, 11) is 1.55. The molecule has 34 heavy (non-hydrogen) atoms. The number of non-ortho nitro benzene ring substituents is 1. The number of halogens is 1. The fraction of sp³-hybridized carbons (Fsp3) is 0.238. The van der Waals surface area contributed by atoms with Crippen molar-refractivity contribution in [2.24, 2.45) is 0 Å². The fourth-order valence-corrected chi connectivity index (χ4v) is 3.90. The topological polar surface area (TPSA) is 141 Å². The van der Waals surface area contributed by atoms with Gasteiger partial charge in [0.2, 0.25) is 5.91 Å². The van der Waals surface area contributed by atoms with E-state index in [1.165, 1.54) is 18.2 Å². The number of ether oxygens (including phenoxy) is 1. The molecule has 3 rings (SSSR count). The molecule has 0 spiro atoms. The van der Waals surface area contributed by atoms with Crippen molar-refractivity contribution in [3.63, 3.8) is 0 Å². The van der Waals surface area contributed by atoms with Gasteiger partial charge in [-0.1, -0.05) is 23.4 Å². The van der Waals surface area contributed by atoms with Crippen molar-refractivity contribution in [2.75, 3.05) is 18.2 Å². The molecule has 0 saturated carbocycles. The van der Waals surface area contributed by atoms with Gasteiger partial charge in [-0.15, -0.1) is 10.2 Å². The number of hydrogen-bond donors (Lipinski definition) is 2. The van der Waals surface area contributed by atoms with Gasteiger partial charge in [-0.3, -0.25) is 19.7 Å². The van der Waals surface area contributed by atoms with Crippen LogP contribution in [0.2, 0.25) is 5.02 Å². The molecule has 2 amide bonds. The quantitative estimate of drug-likeness (QED) is 0.242. The molecule has 13 heteroatoms. The highest BCUT2D eigenvalue weighted by atomic mass is 35.5. The fourth-order valence-electron chi connectivity index (χ4n) is 2.92. The Labute approximate surface area is 204 Å². The van der Waals surface area contributed by atoms with Gasteiger partial charge in [-0.25, -0.2) is 0 Å². The van der Waals surface area contributed by atoms with E-state index in [4.69, 9.17) is 16.3 Å². The van der Waals surface area contributed by atoms with E-state index < -0.39 is 10.8 Å².